The average molecular weight is 452 g/mol. The Morgan fingerprint density at radius 1 is 1.03 bits per heavy atom. The maximum absolute atomic E-state index is 11.6. The molecule has 1 saturated carbocycles. The van der Waals surface area contributed by atoms with Crippen LogP contribution in [0.25, 0.3) is 0 Å². The maximum atomic E-state index is 11.6. The minimum Gasteiger partial charge on any atom is -0.381 e. The molecule has 1 unspecified atom stereocenters. The summed E-state index contributed by atoms with van der Waals surface area (Å²) in [6.45, 7) is 4.40. The summed E-state index contributed by atoms with van der Waals surface area (Å²) in [5, 5.41) is 17.9. The van der Waals surface area contributed by atoms with Gasteiger partial charge in [0, 0.05) is 12.7 Å². The molecule has 1 heterocycles. The van der Waals surface area contributed by atoms with E-state index >= 15 is 0 Å². The summed E-state index contributed by atoms with van der Waals surface area (Å²) >= 11 is 0. The molecule has 3 aromatic rings. The second kappa shape index (κ2) is 13.3. The van der Waals surface area contributed by atoms with Crippen molar-refractivity contribution in [3.05, 3.63) is 89.3 Å². The van der Waals surface area contributed by atoms with Gasteiger partial charge in [-0.1, -0.05) is 85.1 Å². The molecule has 5 nitrogen and oxygen atoms in total. The number of aliphatic hydroxyl groups is 1. The van der Waals surface area contributed by atoms with Crippen molar-refractivity contribution < 1.29 is 19.7 Å². The molecule has 0 radical (unpaired) electrons. The molecule has 5 heteroatoms. The van der Waals surface area contributed by atoms with Crippen LogP contribution in [0.3, 0.4) is 0 Å². The van der Waals surface area contributed by atoms with Gasteiger partial charge >= 0.3 is 0 Å². The van der Waals surface area contributed by atoms with Gasteiger partial charge in [0.15, 0.2) is 5.76 Å². The SMILES string of the molecule is CCOCCc1ccccc1.C[NH2+]Cc1cc(C(O)(c2ccccc2)C2CCCCC2)no1. The standard InChI is InChI=1S/C18H24N2O2.C10H14O/c1-19-13-16-12-17(20-22-16)18(21,14-8-4-2-5-9-14)15-10-6-3-7-11-15;1-2-11-9-8-10-6-4-3-5-7-10/h2,4-5,8-9,12,15,19,21H,3,6-7,10-11,13H2,1H3;3-7H,2,8-9H2,1H3/p+1. The third-order valence-electron chi connectivity index (χ3n) is 6.35. The third-order valence-corrected chi connectivity index (χ3v) is 6.35. The first-order valence-electron chi connectivity index (χ1n) is 12.3. The van der Waals surface area contributed by atoms with Crippen LogP contribution in [0.2, 0.25) is 0 Å². The number of quaternary nitrogens is 1. The fraction of sp³-hybridized carbons (Fsp3) is 0.464. The number of ether oxygens (including phenoxy) is 1. The second-order valence-corrected chi connectivity index (χ2v) is 8.69. The lowest BCUT2D eigenvalue weighted by molar-refractivity contribution is -0.645. The van der Waals surface area contributed by atoms with Crippen LogP contribution >= 0.6 is 0 Å². The summed E-state index contributed by atoms with van der Waals surface area (Å²) in [7, 11) is 1.99. The van der Waals surface area contributed by atoms with Crippen LogP contribution in [0.4, 0.5) is 0 Å². The Morgan fingerprint density at radius 2 is 1.70 bits per heavy atom. The number of rotatable bonds is 9. The van der Waals surface area contributed by atoms with Crippen molar-refractivity contribution in [2.24, 2.45) is 5.92 Å². The van der Waals surface area contributed by atoms with Crippen molar-refractivity contribution in [1.29, 1.82) is 0 Å². The van der Waals surface area contributed by atoms with Crippen molar-refractivity contribution in [3.8, 4) is 0 Å². The Labute approximate surface area is 198 Å². The first-order valence-corrected chi connectivity index (χ1v) is 12.3. The zero-order valence-corrected chi connectivity index (χ0v) is 20.1. The zero-order valence-electron chi connectivity index (χ0n) is 20.1. The highest BCUT2D eigenvalue weighted by Gasteiger charge is 2.43. The van der Waals surface area contributed by atoms with Crippen LogP contribution in [0.1, 0.15) is 61.6 Å². The zero-order chi connectivity index (χ0) is 23.4. The molecule has 0 amide bonds. The Hall–Kier alpha value is -2.47. The van der Waals surface area contributed by atoms with E-state index in [-0.39, 0.29) is 5.92 Å². The van der Waals surface area contributed by atoms with Gasteiger partial charge in [0.2, 0.25) is 0 Å². The summed E-state index contributed by atoms with van der Waals surface area (Å²) < 4.78 is 10.7. The molecule has 0 saturated heterocycles. The lowest BCUT2D eigenvalue weighted by Crippen LogP contribution is -2.77. The van der Waals surface area contributed by atoms with Gasteiger partial charge in [-0.05, 0) is 43.2 Å². The second-order valence-electron chi connectivity index (χ2n) is 8.69. The van der Waals surface area contributed by atoms with Crippen LogP contribution in [0, 0.1) is 5.92 Å². The van der Waals surface area contributed by atoms with E-state index in [4.69, 9.17) is 9.26 Å². The summed E-state index contributed by atoms with van der Waals surface area (Å²) in [4.78, 5) is 0. The number of benzene rings is 2. The molecule has 2 aromatic carbocycles. The van der Waals surface area contributed by atoms with Crippen molar-refractivity contribution in [1.82, 2.24) is 5.16 Å². The van der Waals surface area contributed by atoms with Gasteiger partial charge in [-0.25, -0.2) is 0 Å². The third kappa shape index (κ3) is 7.00. The molecule has 3 N–H and O–H groups in total. The molecule has 4 rings (SSSR count). The van der Waals surface area contributed by atoms with Gasteiger partial charge in [-0.2, -0.15) is 0 Å². The number of nitrogens with two attached hydrogens (primary N) is 1. The minimum atomic E-state index is -1.04. The van der Waals surface area contributed by atoms with Crippen LogP contribution in [-0.4, -0.2) is 30.5 Å². The molecule has 1 atom stereocenters. The van der Waals surface area contributed by atoms with Crippen molar-refractivity contribution in [2.75, 3.05) is 20.3 Å². The van der Waals surface area contributed by atoms with Crippen molar-refractivity contribution >= 4 is 0 Å². The molecule has 1 aromatic heterocycles. The van der Waals surface area contributed by atoms with Crippen molar-refractivity contribution in [2.45, 2.75) is 57.6 Å². The summed E-state index contributed by atoms with van der Waals surface area (Å²) in [6.07, 6.45) is 6.70. The van der Waals surface area contributed by atoms with E-state index < -0.39 is 5.60 Å². The predicted octanol–water partition coefficient (Wildman–Crippen LogP) is 4.45. The van der Waals surface area contributed by atoms with Crippen LogP contribution in [0.5, 0.6) is 0 Å². The Bertz CT molecular complexity index is 907. The first-order chi connectivity index (χ1) is 16.2. The first kappa shape index (κ1) is 25.2. The molecule has 0 aliphatic heterocycles. The largest absolute Gasteiger partial charge is 0.381 e. The predicted molar refractivity (Wildman–Crippen MR) is 131 cm³/mol. The normalized spacial score (nSPS) is 16.0. The van der Waals surface area contributed by atoms with Crippen LogP contribution < -0.4 is 5.32 Å². The number of hydrogen-bond acceptors (Lipinski definition) is 4. The summed E-state index contributed by atoms with van der Waals surface area (Å²) in [6, 6.07) is 22.2. The van der Waals surface area contributed by atoms with E-state index in [1.54, 1.807) is 0 Å². The highest BCUT2D eigenvalue weighted by Crippen LogP contribution is 2.43. The number of nitrogens with zero attached hydrogens (tertiary/aromatic N) is 1. The molecule has 1 aliphatic rings. The maximum Gasteiger partial charge on any atom is 0.191 e. The lowest BCUT2D eigenvalue weighted by atomic mass is 9.71. The van der Waals surface area contributed by atoms with E-state index in [0.717, 1.165) is 50.3 Å². The quantitative estimate of drug-likeness (QED) is 0.472. The van der Waals surface area contributed by atoms with E-state index in [2.05, 4.69) is 29.4 Å². The minimum absolute atomic E-state index is 0.201. The van der Waals surface area contributed by atoms with E-state index in [1.807, 2.05) is 61.8 Å². The van der Waals surface area contributed by atoms with Gasteiger partial charge in [-0.15, -0.1) is 0 Å². The van der Waals surface area contributed by atoms with Gasteiger partial charge in [-0.3, -0.25) is 0 Å². The fourth-order valence-electron chi connectivity index (χ4n) is 4.57. The van der Waals surface area contributed by atoms with E-state index in [9.17, 15) is 5.11 Å². The van der Waals surface area contributed by atoms with E-state index in [1.165, 1.54) is 24.8 Å². The molecule has 1 fully saturated rings. The molecule has 1 aliphatic carbocycles. The topological polar surface area (TPSA) is 72.1 Å². The highest BCUT2D eigenvalue weighted by molar-refractivity contribution is 5.33. The Kier molecular flexibility index (Phi) is 10.1. The van der Waals surface area contributed by atoms with Crippen molar-refractivity contribution in [3.63, 3.8) is 0 Å². The smallest absolute Gasteiger partial charge is 0.191 e. The Balaban J connectivity index is 0.000000235. The average Bonchev–Trinajstić information content (AvgIpc) is 3.35. The monoisotopic (exact) mass is 451 g/mol. The molecule has 178 valence electrons. The summed E-state index contributed by atoms with van der Waals surface area (Å²) in [5.41, 5.74) is 1.88. The Morgan fingerprint density at radius 3 is 2.33 bits per heavy atom. The molecule has 0 spiro atoms. The number of hydrogen-bond donors (Lipinski definition) is 2. The van der Waals surface area contributed by atoms with Gasteiger partial charge in [0.05, 0.1) is 13.7 Å². The summed E-state index contributed by atoms with van der Waals surface area (Å²) in [5.74, 6) is 1.01. The van der Waals surface area contributed by atoms with Gasteiger partial charge in [0.25, 0.3) is 0 Å². The molecular weight excluding hydrogens is 412 g/mol. The van der Waals surface area contributed by atoms with Crippen LogP contribution in [0.15, 0.2) is 71.3 Å². The number of aromatic nitrogens is 1. The van der Waals surface area contributed by atoms with Gasteiger partial charge in [0.1, 0.15) is 17.8 Å². The molecule has 33 heavy (non-hydrogen) atoms. The lowest BCUT2D eigenvalue weighted by Gasteiger charge is -2.37. The highest BCUT2D eigenvalue weighted by atomic mass is 16.5. The molecular formula is C28H39N2O3+. The van der Waals surface area contributed by atoms with Crippen LogP contribution in [-0.2, 0) is 23.3 Å². The van der Waals surface area contributed by atoms with E-state index in [0.29, 0.717) is 5.69 Å². The molecule has 0 bridgehead atoms. The van der Waals surface area contributed by atoms with Gasteiger partial charge < -0.3 is 19.7 Å². The fourth-order valence-corrected chi connectivity index (χ4v) is 4.57.